The summed E-state index contributed by atoms with van der Waals surface area (Å²) < 4.78 is 10.2. The van der Waals surface area contributed by atoms with Crippen molar-refractivity contribution >= 4 is 17.7 Å². The number of carbonyl (C=O) groups excluding carboxylic acids is 3. The van der Waals surface area contributed by atoms with Gasteiger partial charge in [0.25, 0.3) is 0 Å². The summed E-state index contributed by atoms with van der Waals surface area (Å²) in [4.78, 5) is 36.4. The van der Waals surface area contributed by atoms with Gasteiger partial charge >= 0.3 is 11.9 Å². The number of ketones is 1. The van der Waals surface area contributed by atoms with Gasteiger partial charge in [0.05, 0.1) is 12.2 Å². The van der Waals surface area contributed by atoms with Gasteiger partial charge in [-0.05, 0) is 38.0 Å². The number of hydrogen-bond acceptors (Lipinski definition) is 8. The fourth-order valence-corrected chi connectivity index (χ4v) is 5.84. The summed E-state index contributed by atoms with van der Waals surface area (Å²) in [5.41, 5.74) is 0. The van der Waals surface area contributed by atoms with Crippen molar-refractivity contribution in [3.8, 4) is 0 Å². The molecule has 1 saturated carbocycles. The molecule has 0 spiro atoms. The highest BCUT2D eigenvalue weighted by Gasteiger charge is 2.39. The maximum absolute atomic E-state index is 12.4. The van der Waals surface area contributed by atoms with Crippen molar-refractivity contribution in [2.75, 3.05) is 13.2 Å². The molecule has 3 N–H and O–H groups in total. The van der Waals surface area contributed by atoms with Crippen LogP contribution < -0.4 is 0 Å². The van der Waals surface area contributed by atoms with Crippen molar-refractivity contribution in [1.29, 1.82) is 0 Å². The third-order valence-electron chi connectivity index (χ3n) is 8.74. The van der Waals surface area contributed by atoms with E-state index in [1.165, 1.54) is 44.9 Å². The number of allylic oxidation sites excluding steroid dienone is 3. The molecule has 1 fully saturated rings. The fraction of sp³-hybridized carbons (Fsp3) is 0.816. The summed E-state index contributed by atoms with van der Waals surface area (Å²) in [6.07, 6.45) is 23.2. The van der Waals surface area contributed by atoms with Gasteiger partial charge < -0.3 is 24.8 Å². The molecule has 1 rings (SSSR count). The zero-order valence-corrected chi connectivity index (χ0v) is 29.2. The Morgan fingerprint density at radius 2 is 1.37 bits per heavy atom. The molecule has 0 aliphatic heterocycles. The van der Waals surface area contributed by atoms with Crippen LogP contribution in [0.1, 0.15) is 149 Å². The summed E-state index contributed by atoms with van der Waals surface area (Å²) in [6, 6.07) is 0. The molecule has 1 aliphatic carbocycles. The van der Waals surface area contributed by atoms with Crippen LogP contribution in [-0.2, 0) is 23.9 Å². The molecule has 1 aliphatic rings. The summed E-state index contributed by atoms with van der Waals surface area (Å²) in [6.45, 7) is 6.26. The van der Waals surface area contributed by atoms with E-state index in [2.05, 4.69) is 20.8 Å². The molecule has 0 heterocycles. The lowest BCUT2D eigenvalue weighted by atomic mass is 9.90. The van der Waals surface area contributed by atoms with Crippen LogP contribution in [0.25, 0.3) is 0 Å². The minimum absolute atomic E-state index is 0.00162. The number of Topliss-reactive ketones (excluding diaryl/α,β-unsaturated/α-hetero) is 1. The van der Waals surface area contributed by atoms with Gasteiger partial charge in [0.15, 0.2) is 0 Å². The van der Waals surface area contributed by atoms with Gasteiger partial charge in [-0.25, -0.2) is 0 Å². The molecule has 46 heavy (non-hydrogen) atoms. The van der Waals surface area contributed by atoms with E-state index in [0.29, 0.717) is 32.1 Å². The Balaban J connectivity index is 2.09. The average Bonchev–Trinajstić information content (AvgIpc) is 3.29. The molecule has 266 valence electrons. The first-order valence-electron chi connectivity index (χ1n) is 18.3. The van der Waals surface area contributed by atoms with Crippen molar-refractivity contribution in [2.45, 2.75) is 167 Å². The number of hydrogen-bond donors (Lipinski definition) is 3. The van der Waals surface area contributed by atoms with Crippen molar-refractivity contribution in [1.82, 2.24) is 0 Å². The van der Waals surface area contributed by atoms with E-state index < -0.39 is 30.2 Å². The van der Waals surface area contributed by atoms with Crippen molar-refractivity contribution in [3.05, 3.63) is 24.3 Å². The highest BCUT2D eigenvalue weighted by atomic mass is 16.6. The predicted octanol–water partition coefficient (Wildman–Crippen LogP) is 7.56. The highest BCUT2D eigenvalue weighted by molar-refractivity contribution is 5.86. The predicted molar refractivity (Wildman–Crippen MR) is 183 cm³/mol. The Morgan fingerprint density at radius 3 is 1.98 bits per heavy atom. The Morgan fingerprint density at radius 1 is 0.804 bits per heavy atom. The van der Waals surface area contributed by atoms with Gasteiger partial charge in [-0.2, -0.15) is 0 Å². The Kier molecular flexibility index (Phi) is 24.6. The Hall–Kier alpha value is -2.03. The zero-order chi connectivity index (χ0) is 34.0. The molecule has 8 nitrogen and oxygen atoms in total. The number of aliphatic hydroxyl groups excluding tert-OH is 3. The lowest BCUT2D eigenvalue weighted by molar-refractivity contribution is -0.152. The molecule has 0 bridgehead atoms. The van der Waals surface area contributed by atoms with E-state index >= 15 is 0 Å². The van der Waals surface area contributed by atoms with Gasteiger partial charge in [-0.1, -0.05) is 122 Å². The second-order valence-corrected chi connectivity index (χ2v) is 13.6. The molecule has 5 atom stereocenters. The standard InChI is InChI=1S/C38H66O8/c1-4-5-15-21-31(39)25-26-34-33(35(41)27-36(34)42)22-17-13-14-19-24-38(44)46-29-32(40)28-45-37(43)23-18-12-10-8-6-7-9-11-16-20-30(2)3/h13,17,25-26,30-35,39-41H,4-12,14-16,18-24,27-29H2,1-3H3/b17-13-,26-25+/t31-,32-,33+,34+,35-/m0/s1. The Labute approximate surface area is 279 Å². The molecular weight excluding hydrogens is 584 g/mol. The third kappa shape index (κ3) is 21.7. The van der Waals surface area contributed by atoms with E-state index in [4.69, 9.17) is 9.47 Å². The minimum Gasteiger partial charge on any atom is -0.463 e. The average molecular weight is 651 g/mol. The van der Waals surface area contributed by atoms with Gasteiger partial charge in [0.2, 0.25) is 0 Å². The zero-order valence-electron chi connectivity index (χ0n) is 29.2. The maximum atomic E-state index is 12.4. The Bertz CT molecular complexity index is 867. The first kappa shape index (κ1) is 42.0. The molecule has 8 heteroatoms. The summed E-state index contributed by atoms with van der Waals surface area (Å²) in [5, 5.41) is 30.5. The van der Waals surface area contributed by atoms with Crippen LogP contribution >= 0.6 is 0 Å². The number of ether oxygens (including phenoxy) is 2. The van der Waals surface area contributed by atoms with Crippen LogP contribution in [0.5, 0.6) is 0 Å². The first-order valence-corrected chi connectivity index (χ1v) is 18.3. The van der Waals surface area contributed by atoms with E-state index in [1.807, 2.05) is 12.2 Å². The number of rotatable bonds is 28. The second kappa shape index (κ2) is 27.0. The molecular formula is C38H66O8. The highest BCUT2D eigenvalue weighted by Crippen LogP contribution is 2.33. The monoisotopic (exact) mass is 650 g/mol. The first-order chi connectivity index (χ1) is 22.1. The second-order valence-electron chi connectivity index (χ2n) is 13.6. The van der Waals surface area contributed by atoms with Crippen LogP contribution in [0.15, 0.2) is 24.3 Å². The number of unbranched alkanes of at least 4 members (excludes halogenated alkanes) is 11. The molecule has 0 aromatic rings. The summed E-state index contributed by atoms with van der Waals surface area (Å²) in [7, 11) is 0. The number of esters is 2. The SMILES string of the molecule is CCCCC[C@H](O)/C=C/[C@H]1C(=O)C[C@H](O)[C@@H]1C/C=C\CCCC(=O)OC[C@@H](O)COC(=O)CCCCCCCCCCCC(C)C. The lowest BCUT2D eigenvalue weighted by Crippen LogP contribution is -2.25. The quantitative estimate of drug-likeness (QED) is 0.0449. The molecule has 0 radical (unpaired) electrons. The summed E-state index contributed by atoms with van der Waals surface area (Å²) in [5.74, 6) is -0.564. The number of aliphatic hydroxyl groups is 3. The maximum Gasteiger partial charge on any atom is 0.305 e. The fourth-order valence-electron chi connectivity index (χ4n) is 5.84. The van der Waals surface area contributed by atoms with Gasteiger partial charge in [0.1, 0.15) is 25.1 Å². The summed E-state index contributed by atoms with van der Waals surface area (Å²) >= 11 is 0. The molecule has 0 aromatic carbocycles. The van der Waals surface area contributed by atoms with Crippen molar-refractivity contribution in [2.24, 2.45) is 17.8 Å². The van der Waals surface area contributed by atoms with Crippen molar-refractivity contribution < 1.29 is 39.2 Å². The van der Waals surface area contributed by atoms with E-state index in [-0.39, 0.29) is 43.7 Å². The molecule has 0 unspecified atom stereocenters. The van der Waals surface area contributed by atoms with Gasteiger partial charge in [-0.3, -0.25) is 14.4 Å². The van der Waals surface area contributed by atoms with Crippen LogP contribution in [0, 0.1) is 17.8 Å². The van der Waals surface area contributed by atoms with Crippen LogP contribution in [0.2, 0.25) is 0 Å². The van der Waals surface area contributed by atoms with E-state index in [9.17, 15) is 29.7 Å². The van der Waals surface area contributed by atoms with Gasteiger partial charge in [0, 0.05) is 31.1 Å². The minimum atomic E-state index is -1.05. The number of carbonyl (C=O) groups is 3. The smallest absolute Gasteiger partial charge is 0.305 e. The lowest BCUT2D eigenvalue weighted by Gasteiger charge is -2.17. The third-order valence-corrected chi connectivity index (χ3v) is 8.74. The van der Waals surface area contributed by atoms with Gasteiger partial charge in [-0.15, -0.1) is 0 Å². The van der Waals surface area contributed by atoms with Crippen LogP contribution in [0.3, 0.4) is 0 Å². The normalized spacial score (nSPS) is 19.8. The largest absolute Gasteiger partial charge is 0.463 e. The molecule has 0 aromatic heterocycles. The van der Waals surface area contributed by atoms with E-state index in [1.54, 1.807) is 12.2 Å². The van der Waals surface area contributed by atoms with Crippen LogP contribution in [0.4, 0.5) is 0 Å². The van der Waals surface area contributed by atoms with Crippen LogP contribution in [-0.4, -0.2) is 64.6 Å². The molecule has 0 amide bonds. The topological polar surface area (TPSA) is 130 Å². The molecule has 0 saturated heterocycles. The van der Waals surface area contributed by atoms with Crippen molar-refractivity contribution in [3.63, 3.8) is 0 Å². The van der Waals surface area contributed by atoms with E-state index in [0.717, 1.165) is 44.4 Å².